The lowest BCUT2D eigenvalue weighted by Crippen LogP contribution is -2.39. The minimum atomic E-state index is -0.170. The molecular formula is C19H25NO. The Balaban J connectivity index is 2.18. The summed E-state index contributed by atoms with van der Waals surface area (Å²) >= 11 is 0. The van der Waals surface area contributed by atoms with Crippen LogP contribution in [0.2, 0.25) is 0 Å². The smallest absolute Gasteiger partial charge is 0.0750 e. The van der Waals surface area contributed by atoms with Gasteiger partial charge in [-0.15, -0.1) is 0 Å². The number of nitrogens with one attached hydrogen (secondary N) is 1. The van der Waals surface area contributed by atoms with Crippen molar-refractivity contribution in [2.24, 2.45) is 0 Å². The van der Waals surface area contributed by atoms with Crippen LogP contribution in [0.4, 0.5) is 0 Å². The van der Waals surface area contributed by atoms with E-state index in [0.29, 0.717) is 0 Å². The van der Waals surface area contributed by atoms with E-state index in [-0.39, 0.29) is 11.6 Å². The van der Waals surface area contributed by atoms with Crippen molar-refractivity contribution >= 4 is 0 Å². The Morgan fingerprint density at radius 1 is 0.905 bits per heavy atom. The van der Waals surface area contributed by atoms with Gasteiger partial charge in [-0.3, -0.25) is 0 Å². The van der Waals surface area contributed by atoms with E-state index in [1.807, 2.05) is 6.92 Å². The van der Waals surface area contributed by atoms with Crippen LogP contribution in [0.15, 0.2) is 60.7 Å². The van der Waals surface area contributed by atoms with Gasteiger partial charge in [0.2, 0.25) is 0 Å². The lowest BCUT2D eigenvalue weighted by Gasteiger charge is -2.29. The molecule has 0 bridgehead atoms. The van der Waals surface area contributed by atoms with Gasteiger partial charge in [0, 0.05) is 13.2 Å². The molecule has 2 rings (SSSR count). The van der Waals surface area contributed by atoms with Gasteiger partial charge in [0.15, 0.2) is 0 Å². The normalized spacial score (nSPS) is 11.8. The molecule has 2 nitrogen and oxygen atoms in total. The third-order valence-corrected chi connectivity index (χ3v) is 3.53. The predicted molar refractivity (Wildman–Crippen MR) is 88.4 cm³/mol. The molecule has 0 fully saturated rings. The molecule has 2 aromatic carbocycles. The van der Waals surface area contributed by atoms with Crippen LogP contribution in [-0.2, 0) is 4.74 Å². The molecule has 0 atom stereocenters. The second-order valence-corrected chi connectivity index (χ2v) is 5.83. The summed E-state index contributed by atoms with van der Waals surface area (Å²) in [5, 5.41) is 3.65. The molecule has 0 aromatic heterocycles. The van der Waals surface area contributed by atoms with Crippen LogP contribution in [0.5, 0.6) is 0 Å². The Morgan fingerprint density at radius 3 is 1.81 bits per heavy atom. The van der Waals surface area contributed by atoms with Gasteiger partial charge in [0.1, 0.15) is 0 Å². The van der Waals surface area contributed by atoms with Gasteiger partial charge in [0.05, 0.1) is 11.6 Å². The molecule has 0 radical (unpaired) electrons. The van der Waals surface area contributed by atoms with Crippen molar-refractivity contribution in [3.05, 3.63) is 71.8 Å². The van der Waals surface area contributed by atoms with Crippen LogP contribution < -0.4 is 5.32 Å². The van der Waals surface area contributed by atoms with Crippen molar-refractivity contribution in [1.82, 2.24) is 5.32 Å². The molecule has 0 amide bonds. The number of rotatable bonds is 7. The summed E-state index contributed by atoms with van der Waals surface area (Å²) in [4.78, 5) is 0. The Labute approximate surface area is 128 Å². The van der Waals surface area contributed by atoms with Crippen molar-refractivity contribution in [1.29, 1.82) is 0 Å². The maximum atomic E-state index is 5.79. The van der Waals surface area contributed by atoms with Crippen molar-refractivity contribution in [3.8, 4) is 0 Å². The zero-order chi connectivity index (χ0) is 15.1. The van der Waals surface area contributed by atoms with Crippen molar-refractivity contribution in [3.63, 3.8) is 0 Å². The summed E-state index contributed by atoms with van der Waals surface area (Å²) in [7, 11) is 0. The number of hydrogen-bond acceptors (Lipinski definition) is 2. The standard InChI is InChI=1S/C19H25NO/c1-4-21-19(2,3)15-20-18(16-11-7-5-8-12-16)17-13-9-6-10-14-17/h5-14,18,20H,4,15H2,1-3H3. The van der Waals surface area contributed by atoms with Gasteiger partial charge in [-0.1, -0.05) is 60.7 Å². The van der Waals surface area contributed by atoms with E-state index in [9.17, 15) is 0 Å². The van der Waals surface area contributed by atoms with E-state index < -0.39 is 0 Å². The van der Waals surface area contributed by atoms with Gasteiger partial charge in [-0.25, -0.2) is 0 Å². The summed E-state index contributed by atoms with van der Waals surface area (Å²) < 4.78 is 5.79. The van der Waals surface area contributed by atoms with E-state index in [1.54, 1.807) is 0 Å². The molecule has 0 spiro atoms. The lowest BCUT2D eigenvalue weighted by atomic mass is 9.97. The van der Waals surface area contributed by atoms with Gasteiger partial charge < -0.3 is 10.1 Å². The monoisotopic (exact) mass is 283 g/mol. The molecule has 0 heterocycles. The third-order valence-electron chi connectivity index (χ3n) is 3.53. The maximum Gasteiger partial charge on any atom is 0.0750 e. The van der Waals surface area contributed by atoms with Gasteiger partial charge in [-0.05, 0) is 31.9 Å². The molecule has 0 aliphatic carbocycles. The number of ether oxygens (including phenoxy) is 1. The first-order valence-corrected chi connectivity index (χ1v) is 7.59. The molecule has 112 valence electrons. The van der Waals surface area contributed by atoms with Crippen LogP contribution in [0, 0.1) is 0 Å². The largest absolute Gasteiger partial charge is 0.375 e. The average Bonchev–Trinajstić information content (AvgIpc) is 2.49. The molecule has 0 saturated carbocycles. The predicted octanol–water partition coefficient (Wildman–Crippen LogP) is 4.18. The van der Waals surface area contributed by atoms with Gasteiger partial charge in [0.25, 0.3) is 0 Å². The van der Waals surface area contributed by atoms with E-state index in [0.717, 1.165) is 13.2 Å². The van der Waals surface area contributed by atoms with Crippen LogP contribution >= 0.6 is 0 Å². The molecule has 2 aromatic rings. The average molecular weight is 283 g/mol. The Bertz CT molecular complexity index is 482. The highest BCUT2D eigenvalue weighted by Crippen LogP contribution is 2.22. The Hall–Kier alpha value is -1.64. The number of hydrogen-bond donors (Lipinski definition) is 1. The van der Waals surface area contributed by atoms with Crippen molar-refractivity contribution < 1.29 is 4.74 Å². The second-order valence-electron chi connectivity index (χ2n) is 5.83. The van der Waals surface area contributed by atoms with Gasteiger partial charge >= 0.3 is 0 Å². The highest BCUT2D eigenvalue weighted by molar-refractivity contribution is 5.31. The number of benzene rings is 2. The van der Waals surface area contributed by atoms with E-state index in [1.165, 1.54) is 11.1 Å². The van der Waals surface area contributed by atoms with Crippen molar-refractivity contribution in [2.75, 3.05) is 13.2 Å². The second kappa shape index (κ2) is 7.39. The third kappa shape index (κ3) is 4.69. The van der Waals surface area contributed by atoms with Crippen LogP contribution in [0.1, 0.15) is 37.9 Å². The van der Waals surface area contributed by atoms with Gasteiger partial charge in [-0.2, -0.15) is 0 Å². The van der Waals surface area contributed by atoms with E-state index in [2.05, 4.69) is 79.8 Å². The molecule has 0 aliphatic rings. The zero-order valence-corrected chi connectivity index (χ0v) is 13.2. The minimum absolute atomic E-state index is 0.170. The fraction of sp³-hybridized carbons (Fsp3) is 0.368. The Kier molecular flexibility index (Phi) is 5.54. The quantitative estimate of drug-likeness (QED) is 0.823. The molecular weight excluding hydrogens is 258 g/mol. The summed E-state index contributed by atoms with van der Waals surface area (Å²) in [6, 6.07) is 21.3. The molecule has 2 heteroatoms. The summed E-state index contributed by atoms with van der Waals surface area (Å²) in [5.41, 5.74) is 2.38. The fourth-order valence-electron chi connectivity index (χ4n) is 2.51. The molecule has 1 N–H and O–H groups in total. The minimum Gasteiger partial charge on any atom is -0.375 e. The van der Waals surface area contributed by atoms with Crippen LogP contribution in [0.25, 0.3) is 0 Å². The molecule has 0 saturated heterocycles. The highest BCUT2D eigenvalue weighted by atomic mass is 16.5. The SMILES string of the molecule is CCOC(C)(C)CNC(c1ccccc1)c1ccccc1. The first kappa shape index (κ1) is 15.7. The first-order valence-electron chi connectivity index (χ1n) is 7.59. The first-order chi connectivity index (χ1) is 10.1. The fourth-order valence-corrected chi connectivity index (χ4v) is 2.51. The topological polar surface area (TPSA) is 21.3 Å². The lowest BCUT2D eigenvalue weighted by molar-refractivity contribution is -0.00990. The van der Waals surface area contributed by atoms with Crippen LogP contribution in [-0.4, -0.2) is 18.8 Å². The van der Waals surface area contributed by atoms with Crippen LogP contribution in [0.3, 0.4) is 0 Å². The summed E-state index contributed by atoms with van der Waals surface area (Å²) in [6.45, 7) is 7.81. The summed E-state index contributed by atoms with van der Waals surface area (Å²) in [5.74, 6) is 0. The van der Waals surface area contributed by atoms with Crippen molar-refractivity contribution in [2.45, 2.75) is 32.4 Å². The Morgan fingerprint density at radius 2 is 1.38 bits per heavy atom. The van der Waals surface area contributed by atoms with E-state index in [4.69, 9.17) is 4.74 Å². The summed E-state index contributed by atoms with van der Waals surface area (Å²) in [6.07, 6.45) is 0. The zero-order valence-electron chi connectivity index (χ0n) is 13.2. The molecule has 0 aliphatic heterocycles. The molecule has 0 unspecified atom stereocenters. The highest BCUT2D eigenvalue weighted by Gasteiger charge is 2.21. The maximum absolute atomic E-state index is 5.79. The molecule has 21 heavy (non-hydrogen) atoms. The van der Waals surface area contributed by atoms with E-state index >= 15 is 0 Å².